The Morgan fingerprint density at radius 1 is 1.71 bits per heavy atom. The van der Waals surface area contributed by atoms with Crippen LogP contribution < -0.4 is 0 Å². The van der Waals surface area contributed by atoms with Gasteiger partial charge in [0, 0.05) is 13.0 Å². The maximum atomic E-state index is 9.88. The number of hydrogen-bond acceptors (Lipinski definition) is 2. The molecule has 0 aromatic rings. The number of hydrogen-bond donors (Lipinski definition) is 1. The van der Waals surface area contributed by atoms with Crippen LogP contribution in [0.25, 0.3) is 0 Å². The van der Waals surface area contributed by atoms with Gasteiger partial charge in [-0.25, -0.2) is 0 Å². The maximum absolute atomic E-state index is 9.88. The third kappa shape index (κ3) is 12.1. The molecule has 0 saturated heterocycles. The first kappa shape index (κ1) is 9.16. The summed E-state index contributed by atoms with van der Waals surface area (Å²) in [6, 6.07) is 0. The molecule has 0 aliphatic rings. The van der Waals surface area contributed by atoms with Crippen molar-refractivity contribution in [2.24, 2.45) is 0 Å². The van der Waals surface area contributed by atoms with Gasteiger partial charge in [-0.3, -0.25) is 4.79 Å². The Labute approximate surface area is 36.8 Å². The predicted octanol–water partition coefficient (Wildman–Crippen LogP) is -0.0422. The van der Waals surface area contributed by atoms with Crippen LogP contribution in [0.5, 0.6) is 0 Å². The SMILES string of the molecule is CC(=O)CCO.[Rf]. The van der Waals surface area contributed by atoms with Gasteiger partial charge in [-0.2, -0.15) is 0 Å². The molecular formula is C4H8O2Rf. The van der Waals surface area contributed by atoms with Gasteiger partial charge in [0.25, 0.3) is 0 Å². The van der Waals surface area contributed by atoms with Crippen molar-refractivity contribution in [3.05, 3.63) is 0 Å². The van der Waals surface area contributed by atoms with Crippen LogP contribution in [0.4, 0.5) is 0 Å². The second kappa shape index (κ2) is 4.63. The molecule has 1 N–H and O–H groups in total. The first-order chi connectivity index (χ1) is 2.77. The van der Waals surface area contributed by atoms with Gasteiger partial charge in [-0.1, -0.05) is 0 Å². The molecule has 0 rings (SSSR count). The second-order valence-corrected chi connectivity index (χ2v) is 1.18. The fourth-order valence-electron chi connectivity index (χ4n) is 0.157. The normalized spacial score (nSPS) is 7.14. The molecule has 0 atom stereocenters. The Kier molecular flexibility index (Phi) is 6.06. The Morgan fingerprint density at radius 3 is 2.14 bits per heavy atom. The van der Waals surface area contributed by atoms with E-state index in [9.17, 15) is 4.79 Å². The second-order valence-electron chi connectivity index (χ2n) is 1.18. The molecule has 0 aromatic carbocycles. The molecule has 2 nitrogen and oxygen atoms in total. The molecule has 0 heterocycles. The van der Waals surface area contributed by atoms with E-state index in [0.717, 1.165) is 0 Å². The number of carbonyl (C=O) groups excluding carboxylic acids is 1. The Hall–Kier alpha value is -1.37. The number of aliphatic hydroxyl groups excluding tert-OH is 1. The zero-order chi connectivity index (χ0) is 4.99. The van der Waals surface area contributed by atoms with Crippen molar-refractivity contribution in [2.75, 3.05) is 6.61 Å². The maximum Gasteiger partial charge on any atom is 0.132 e. The van der Waals surface area contributed by atoms with Crippen molar-refractivity contribution in [1.29, 1.82) is 0 Å². The van der Waals surface area contributed by atoms with E-state index in [1.165, 1.54) is 6.92 Å². The minimum absolute atomic E-state index is 0. The van der Waals surface area contributed by atoms with Gasteiger partial charge in [-0.15, -0.1) is 0 Å². The first-order valence-corrected chi connectivity index (χ1v) is 1.87. The molecule has 0 aliphatic heterocycles. The molecule has 0 bridgehead atoms. The van der Waals surface area contributed by atoms with Crippen molar-refractivity contribution < 1.29 is 9.90 Å². The minimum atomic E-state index is -0.0185. The van der Waals surface area contributed by atoms with Crippen molar-refractivity contribution in [1.82, 2.24) is 0 Å². The van der Waals surface area contributed by atoms with Gasteiger partial charge in [-0.05, 0) is 6.92 Å². The van der Waals surface area contributed by atoms with Crippen LogP contribution in [0.15, 0.2) is 0 Å². The van der Waals surface area contributed by atoms with E-state index < -0.39 is 0 Å². The summed E-state index contributed by atoms with van der Waals surface area (Å²) in [7, 11) is 0. The number of carbonyl (C=O) groups is 1. The van der Waals surface area contributed by atoms with Gasteiger partial charge >= 0.3 is 0 Å². The molecule has 0 aliphatic carbocycles. The number of rotatable bonds is 2. The quantitative estimate of drug-likeness (QED) is 0.755. The Bertz CT molecular complexity index is 53.7. The van der Waals surface area contributed by atoms with Crippen LogP contribution in [-0.4, -0.2) is 17.5 Å². The summed E-state index contributed by atoms with van der Waals surface area (Å²) in [4.78, 5) is 9.88. The Balaban J connectivity index is 0. The Morgan fingerprint density at radius 2 is 2.14 bits per heavy atom. The smallest absolute Gasteiger partial charge is 0.132 e. The van der Waals surface area contributed by atoms with Gasteiger partial charge in [0.1, 0.15) is 5.78 Å². The van der Waals surface area contributed by atoms with Crippen molar-refractivity contribution in [2.45, 2.75) is 13.3 Å². The van der Waals surface area contributed by atoms with Crippen LogP contribution in [0.1, 0.15) is 13.3 Å². The van der Waals surface area contributed by atoms with Crippen LogP contribution >= 0.6 is 0 Å². The predicted molar refractivity (Wildman–Crippen MR) is 22.4 cm³/mol. The number of ketones is 1. The average Bonchev–Trinajstić information content (AvgIpc) is 1.35. The largest absolute Gasteiger partial charge is 0.396 e. The van der Waals surface area contributed by atoms with E-state index >= 15 is 0 Å². The van der Waals surface area contributed by atoms with Crippen molar-refractivity contribution in [3.8, 4) is 0 Å². The third-order valence-corrected chi connectivity index (χ3v) is 0.464. The molecule has 3 heteroatoms. The van der Waals surface area contributed by atoms with E-state index in [4.69, 9.17) is 5.11 Å². The molecule has 0 aromatic heterocycles. The molecule has 0 unspecified atom stereocenters. The summed E-state index contributed by atoms with van der Waals surface area (Å²) in [5, 5.41) is 8.02. The van der Waals surface area contributed by atoms with E-state index in [1.807, 2.05) is 0 Å². The molecule has 0 spiro atoms. The summed E-state index contributed by atoms with van der Waals surface area (Å²) in [5.74, 6) is 0.0394. The summed E-state index contributed by atoms with van der Waals surface area (Å²) >= 11 is 0. The average molecular weight is 355 g/mol. The fourth-order valence-corrected chi connectivity index (χ4v) is 0.157. The first-order valence-electron chi connectivity index (χ1n) is 1.87. The zero-order valence-electron chi connectivity index (χ0n) is 4.48. The third-order valence-electron chi connectivity index (χ3n) is 0.464. The van der Waals surface area contributed by atoms with E-state index in [-0.39, 0.29) is 12.4 Å². The van der Waals surface area contributed by atoms with Gasteiger partial charge in [0.05, 0.1) is 0 Å². The minimum Gasteiger partial charge on any atom is -0.396 e. The van der Waals surface area contributed by atoms with Gasteiger partial charge < -0.3 is 5.11 Å². The van der Waals surface area contributed by atoms with Crippen LogP contribution in [0.2, 0.25) is 0 Å². The molecular weight excluding hydrogens is 347 g/mol. The molecule has 0 amide bonds. The monoisotopic (exact) mass is 355 g/mol. The van der Waals surface area contributed by atoms with Crippen molar-refractivity contribution in [3.63, 3.8) is 0 Å². The summed E-state index contributed by atoms with van der Waals surface area (Å²) < 4.78 is 0. The number of aliphatic hydroxyl groups is 1. The van der Waals surface area contributed by atoms with E-state index in [1.54, 1.807) is 0 Å². The van der Waals surface area contributed by atoms with Gasteiger partial charge in [0.15, 0.2) is 0 Å². The fraction of sp³-hybridized carbons (Fsp3) is 0.750. The standard InChI is InChI=1S/C4H8O2.Rf/c1-4(6)2-3-5;/h5H,2-3H2,1H3;. The van der Waals surface area contributed by atoms with Crippen molar-refractivity contribution >= 4 is 5.78 Å². The van der Waals surface area contributed by atoms with Crippen LogP contribution in [0, 0.1) is 0 Å². The van der Waals surface area contributed by atoms with E-state index in [2.05, 4.69) is 0 Å². The summed E-state index contributed by atoms with van der Waals surface area (Å²) in [6.45, 7) is 1.44. The molecule has 0 saturated carbocycles. The van der Waals surface area contributed by atoms with Gasteiger partial charge in [0.2, 0.25) is 0 Å². The zero-order valence-corrected chi connectivity index (χ0v) is 10.9. The molecule has 7 heavy (non-hydrogen) atoms. The topological polar surface area (TPSA) is 37.3 Å². The van der Waals surface area contributed by atoms with Crippen LogP contribution in [-0.2, 0) is 4.79 Å². The summed E-state index contributed by atoms with van der Waals surface area (Å²) in [6.07, 6.45) is 0.292. The molecule has 0 radical (unpaired) electrons. The number of Topliss-reactive ketones (excluding diaryl/α,β-unsaturated/α-hetero) is 1. The van der Waals surface area contributed by atoms with E-state index in [0.29, 0.717) is 6.42 Å². The molecule has 38 valence electrons. The van der Waals surface area contributed by atoms with Crippen LogP contribution in [0.3, 0.4) is 0 Å². The summed E-state index contributed by atoms with van der Waals surface area (Å²) in [5.41, 5.74) is 0. The molecule has 0 fully saturated rings.